The van der Waals surface area contributed by atoms with Crippen LogP contribution < -0.4 is 16.0 Å². The molecule has 0 aromatic heterocycles. The molecule has 1 aliphatic heterocycles. The minimum absolute atomic E-state index is 0.0417. The van der Waals surface area contributed by atoms with Gasteiger partial charge in [-0.15, -0.1) is 0 Å². The lowest BCUT2D eigenvalue weighted by Crippen LogP contribution is -2.56. The lowest BCUT2D eigenvalue weighted by Gasteiger charge is -2.37. The number of carbonyl (C=O) groups is 2. The molecule has 0 unspecified atom stereocenters. The molecule has 0 bridgehead atoms. The fourth-order valence-corrected chi connectivity index (χ4v) is 3.72. The Labute approximate surface area is 179 Å². The Hall–Kier alpha value is -2.15. The molecule has 1 aromatic rings. The van der Waals surface area contributed by atoms with Gasteiger partial charge in [-0.25, -0.2) is 0 Å². The number of hydrogen-bond donors (Lipinski definition) is 3. The van der Waals surface area contributed by atoms with Gasteiger partial charge < -0.3 is 20.9 Å². The lowest BCUT2D eigenvalue weighted by molar-refractivity contribution is -0.125. The van der Waals surface area contributed by atoms with Crippen LogP contribution in [-0.2, 0) is 4.79 Å². The van der Waals surface area contributed by atoms with Crippen molar-refractivity contribution >= 4 is 29.1 Å². The van der Waals surface area contributed by atoms with Gasteiger partial charge >= 0.3 is 0 Å². The Morgan fingerprint density at radius 2 is 1.72 bits per heavy atom. The maximum Gasteiger partial charge on any atom is 0.251 e. The largest absolute Gasteiger partial charge is 0.363 e. The van der Waals surface area contributed by atoms with Crippen molar-refractivity contribution in [2.24, 2.45) is 11.8 Å². The summed E-state index contributed by atoms with van der Waals surface area (Å²) in [5.74, 6) is 0.0724. The van der Waals surface area contributed by atoms with Gasteiger partial charge in [0.1, 0.15) is 6.04 Å². The molecule has 2 amide bonds. The topological polar surface area (TPSA) is 73.5 Å². The molecule has 1 aliphatic rings. The number of nitrogens with one attached hydrogen (secondary N) is 3. The number of carbonyl (C=O) groups excluding carboxylic acids is 2. The van der Waals surface area contributed by atoms with E-state index in [0.717, 1.165) is 37.6 Å². The highest BCUT2D eigenvalue weighted by atomic mass is 32.1. The van der Waals surface area contributed by atoms with Gasteiger partial charge in [0.2, 0.25) is 5.91 Å². The van der Waals surface area contributed by atoms with Crippen molar-refractivity contribution in [3.05, 3.63) is 35.9 Å². The van der Waals surface area contributed by atoms with Crippen molar-refractivity contribution in [2.45, 2.75) is 52.6 Å². The second-order valence-corrected chi connectivity index (χ2v) is 8.41. The van der Waals surface area contributed by atoms with Crippen LogP contribution in [0.15, 0.2) is 30.3 Å². The van der Waals surface area contributed by atoms with Crippen molar-refractivity contribution in [3.63, 3.8) is 0 Å². The number of nitrogens with zero attached hydrogens (tertiary/aromatic N) is 1. The van der Waals surface area contributed by atoms with Gasteiger partial charge in [0, 0.05) is 31.2 Å². The third-order valence-electron chi connectivity index (χ3n) is 5.60. The van der Waals surface area contributed by atoms with E-state index in [1.165, 1.54) is 0 Å². The summed E-state index contributed by atoms with van der Waals surface area (Å²) in [7, 11) is 0. The summed E-state index contributed by atoms with van der Waals surface area (Å²) < 4.78 is 0. The zero-order valence-corrected chi connectivity index (χ0v) is 18.7. The Morgan fingerprint density at radius 3 is 2.28 bits per heavy atom. The number of piperidine rings is 1. The van der Waals surface area contributed by atoms with Crippen molar-refractivity contribution < 1.29 is 9.59 Å². The van der Waals surface area contributed by atoms with Gasteiger partial charge in [0.25, 0.3) is 5.91 Å². The standard InChI is InChI=1S/C22H34N4O2S/c1-5-23-22(29)26-13-11-17(12-14-26)19(21(28)24-16(4)15(2)3)25-20(27)18-9-7-6-8-10-18/h6-10,15-17,19H,5,11-14H2,1-4H3,(H,23,29)(H,24,28)(H,25,27)/t16-,19+/m0/s1. The van der Waals surface area contributed by atoms with E-state index in [1.807, 2.05) is 32.0 Å². The van der Waals surface area contributed by atoms with E-state index in [4.69, 9.17) is 12.2 Å². The summed E-state index contributed by atoms with van der Waals surface area (Å²) >= 11 is 5.41. The minimum atomic E-state index is -0.557. The van der Waals surface area contributed by atoms with E-state index in [9.17, 15) is 9.59 Å². The van der Waals surface area contributed by atoms with Crippen LogP contribution in [0.2, 0.25) is 0 Å². The number of amides is 2. The SMILES string of the molecule is CCNC(=S)N1CCC([C@@H](NC(=O)c2ccccc2)C(=O)N[C@@H](C)C(C)C)CC1. The van der Waals surface area contributed by atoms with E-state index >= 15 is 0 Å². The molecule has 0 aliphatic carbocycles. The van der Waals surface area contributed by atoms with E-state index < -0.39 is 6.04 Å². The molecule has 1 saturated heterocycles. The average molecular weight is 419 g/mol. The number of benzene rings is 1. The maximum atomic E-state index is 13.1. The van der Waals surface area contributed by atoms with Gasteiger partial charge in [-0.2, -0.15) is 0 Å². The molecule has 2 rings (SSSR count). The predicted octanol–water partition coefficient (Wildman–Crippen LogP) is 2.55. The highest BCUT2D eigenvalue weighted by molar-refractivity contribution is 7.80. The van der Waals surface area contributed by atoms with Crippen molar-refractivity contribution in [1.29, 1.82) is 0 Å². The normalized spacial score (nSPS) is 16.8. The molecule has 3 N–H and O–H groups in total. The summed E-state index contributed by atoms with van der Waals surface area (Å²) in [6, 6.07) is 8.53. The smallest absolute Gasteiger partial charge is 0.251 e. The van der Waals surface area contributed by atoms with Crippen LogP contribution in [0, 0.1) is 11.8 Å². The molecule has 1 aromatic carbocycles. The third-order valence-corrected chi connectivity index (χ3v) is 6.00. The first-order valence-electron chi connectivity index (χ1n) is 10.5. The molecule has 1 heterocycles. The molecule has 0 saturated carbocycles. The minimum Gasteiger partial charge on any atom is -0.363 e. The van der Waals surface area contributed by atoms with Crippen molar-refractivity contribution in [3.8, 4) is 0 Å². The summed E-state index contributed by atoms with van der Waals surface area (Å²) in [5.41, 5.74) is 0.563. The highest BCUT2D eigenvalue weighted by Crippen LogP contribution is 2.22. The van der Waals surface area contributed by atoms with Gasteiger partial charge in [-0.1, -0.05) is 32.0 Å². The van der Waals surface area contributed by atoms with Crippen LogP contribution in [0.3, 0.4) is 0 Å². The lowest BCUT2D eigenvalue weighted by atomic mass is 9.88. The Morgan fingerprint density at radius 1 is 1.10 bits per heavy atom. The predicted molar refractivity (Wildman–Crippen MR) is 121 cm³/mol. The van der Waals surface area contributed by atoms with Crippen LogP contribution in [0.4, 0.5) is 0 Å². The molecule has 0 radical (unpaired) electrons. The van der Waals surface area contributed by atoms with E-state index in [2.05, 4.69) is 34.7 Å². The molecular formula is C22H34N4O2S. The van der Waals surface area contributed by atoms with Crippen LogP contribution >= 0.6 is 12.2 Å². The van der Waals surface area contributed by atoms with E-state index in [1.54, 1.807) is 12.1 Å². The molecular weight excluding hydrogens is 384 g/mol. The Bertz CT molecular complexity index is 687. The average Bonchev–Trinajstić information content (AvgIpc) is 2.72. The van der Waals surface area contributed by atoms with Crippen LogP contribution in [0.25, 0.3) is 0 Å². The summed E-state index contributed by atoms with van der Waals surface area (Å²) in [5, 5.41) is 10.0. The molecule has 6 nitrogen and oxygen atoms in total. The van der Waals surface area contributed by atoms with Gasteiger partial charge in [-0.3, -0.25) is 9.59 Å². The summed E-state index contributed by atoms with van der Waals surface area (Å²) in [4.78, 5) is 28.0. The number of likely N-dealkylation sites (tertiary alicyclic amines) is 1. The zero-order chi connectivity index (χ0) is 21.4. The van der Waals surface area contributed by atoms with E-state index in [0.29, 0.717) is 11.5 Å². The molecule has 1 fully saturated rings. The number of hydrogen-bond acceptors (Lipinski definition) is 3. The number of rotatable bonds is 7. The van der Waals surface area contributed by atoms with Gasteiger partial charge in [-0.05, 0) is 62.9 Å². The monoisotopic (exact) mass is 418 g/mol. The number of thiocarbonyl (C=S) groups is 1. The Kier molecular flexibility index (Phi) is 8.89. The second kappa shape index (κ2) is 11.1. The maximum absolute atomic E-state index is 13.1. The first kappa shape index (κ1) is 23.1. The van der Waals surface area contributed by atoms with Crippen LogP contribution in [0.5, 0.6) is 0 Å². The molecule has 0 spiro atoms. The molecule has 160 valence electrons. The van der Waals surface area contributed by atoms with Crippen LogP contribution in [0.1, 0.15) is 50.9 Å². The summed E-state index contributed by atoms with van der Waals surface area (Å²) in [6.07, 6.45) is 1.60. The Balaban J connectivity index is 2.09. The fourth-order valence-electron chi connectivity index (χ4n) is 3.39. The quantitative estimate of drug-likeness (QED) is 0.594. The van der Waals surface area contributed by atoms with Gasteiger partial charge in [0.15, 0.2) is 5.11 Å². The highest BCUT2D eigenvalue weighted by Gasteiger charge is 2.34. The molecule has 7 heteroatoms. The van der Waals surface area contributed by atoms with E-state index in [-0.39, 0.29) is 23.8 Å². The molecule has 29 heavy (non-hydrogen) atoms. The van der Waals surface area contributed by atoms with Crippen LogP contribution in [-0.4, -0.2) is 53.5 Å². The van der Waals surface area contributed by atoms with Crippen molar-refractivity contribution in [2.75, 3.05) is 19.6 Å². The molecule has 2 atom stereocenters. The van der Waals surface area contributed by atoms with Gasteiger partial charge in [0.05, 0.1) is 0 Å². The summed E-state index contributed by atoms with van der Waals surface area (Å²) in [6.45, 7) is 10.5. The first-order chi connectivity index (χ1) is 13.8. The van der Waals surface area contributed by atoms with Crippen molar-refractivity contribution in [1.82, 2.24) is 20.9 Å². The second-order valence-electron chi connectivity index (χ2n) is 8.02. The first-order valence-corrected chi connectivity index (χ1v) is 10.9. The zero-order valence-electron chi connectivity index (χ0n) is 17.9. The third kappa shape index (κ3) is 6.70. The fraction of sp³-hybridized carbons (Fsp3) is 0.591.